The number of carbonyl (C=O) groups is 4. The SMILES string of the molecule is C=CC(=O)NCCCN(CCCN(CCCNC(=O)C=C)C(=O)CCNCC1COCCOCCOCCOCCOCCO1)C(=O)CCNCC1COCCOCCOCCOCCOCCO1. The predicted molar refractivity (Wildman–Crippen MR) is 256 cm³/mol. The van der Waals surface area contributed by atoms with Gasteiger partial charge in [0.1, 0.15) is 0 Å². The third-order valence-corrected chi connectivity index (χ3v) is 10.3. The highest BCUT2D eigenvalue weighted by atomic mass is 16.6. The van der Waals surface area contributed by atoms with Crippen molar-refractivity contribution in [2.24, 2.45) is 0 Å². The van der Waals surface area contributed by atoms with Crippen LogP contribution in [-0.4, -0.2) is 256 Å². The maximum atomic E-state index is 13.7. The molecule has 2 aliphatic rings. The largest absolute Gasteiger partial charge is 0.377 e. The van der Waals surface area contributed by atoms with Crippen molar-refractivity contribution in [2.45, 2.75) is 44.3 Å². The molecule has 2 heterocycles. The Bertz CT molecular complexity index is 1180. The summed E-state index contributed by atoms with van der Waals surface area (Å²) in [4.78, 5) is 54.5. The highest BCUT2D eigenvalue weighted by molar-refractivity contribution is 5.87. The Balaban J connectivity index is 1.94. The Morgan fingerprint density at radius 3 is 1.01 bits per heavy atom. The number of carbonyl (C=O) groups excluding carboxylic acids is 4. The smallest absolute Gasteiger partial charge is 0.243 e. The molecule has 400 valence electrons. The normalized spacial score (nSPS) is 20.1. The van der Waals surface area contributed by atoms with Crippen LogP contribution in [0.3, 0.4) is 0 Å². The molecule has 0 saturated carbocycles. The van der Waals surface area contributed by atoms with E-state index in [-0.39, 0.29) is 48.7 Å². The second kappa shape index (κ2) is 45.9. The summed E-state index contributed by atoms with van der Waals surface area (Å²) < 4.78 is 68.2. The molecule has 69 heavy (non-hydrogen) atoms. The van der Waals surface area contributed by atoms with Gasteiger partial charge in [0.15, 0.2) is 0 Å². The molecule has 0 aromatic heterocycles. The quantitative estimate of drug-likeness (QED) is 0.0695. The van der Waals surface area contributed by atoms with Crippen molar-refractivity contribution < 1.29 is 76.0 Å². The molecule has 4 amide bonds. The summed E-state index contributed by atoms with van der Waals surface area (Å²) in [6, 6.07) is 0. The molecular formula is C47H86N6O16. The van der Waals surface area contributed by atoms with Crippen molar-refractivity contribution in [3.63, 3.8) is 0 Å². The van der Waals surface area contributed by atoms with Crippen LogP contribution in [0.2, 0.25) is 0 Å². The number of nitrogens with zero attached hydrogens (tertiary/aromatic N) is 2. The van der Waals surface area contributed by atoms with Gasteiger partial charge in [-0.2, -0.15) is 0 Å². The Kier molecular flexibility index (Phi) is 41.2. The molecule has 2 fully saturated rings. The van der Waals surface area contributed by atoms with Crippen molar-refractivity contribution in [1.82, 2.24) is 31.1 Å². The number of rotatable bonds is 24. The summed E-state index contributed by atoms with van der Waals surface area (Å²) in [5, 5.41) is 12.2. The molecule has 2 aliphatic heterocycles. The van der Waals surface area contributed by atoms with E-state index >= 15 is 0 Å². The highest BCUT2D eigenvalue weighted by Crippen LogP contribution is 2.05. The number of ether oxygens (including phenoxy) is 12. The standard InChI is InChI=1S/C47H86N6O16/c1-3-44(54)50-10-5-14-52(46(56)8-12-48-38-42-40-66-32-30-62-24-22-58-18-20-60-26-28-64-34-36-68-42)16-7-17-53(15-6-11-51-45(55)4-2)47(57)9-13-49-39-43-41-67-33-31-63-25-23-59-19-21-61-27-29-65-35-37-69-43/h3-4,42-43,48-49H,1-2,5-41H2,(H,50,54)(H,51,55). The van der Waals surface area contributed by atoms with Gasteiger partial charge in [0.2, 0.25) is 23.6 Å². The molecule has 0 radical (unpaired) electrons. The second-order valence-corrected chi connectivity index (χ2v) is 15.8. The molecule has 0 aliphatic carbocycles. The number of amides is 4. The zero-order valence-electron chi connectivity index (χ0n) is 41.3. The van der Waals surface area contributed by atoms with Crippen molar-refractivity contribution in [2.75, 3.05) is 211 Å². The maximum absolute atomic E-state index is 13.7. The molecule has 0 bridgehead atoms. The van der Waals surface area contributed by atoms with Crippen LogP contribution >= 0.6 is 0 Å². The predicted octanol–water partition coefficient (Wildman–Crippen LogP) is -0.659. The van der Waals surface area contributed by atoms with Crippen LogP contribution in [0.5, 0.6) is 0 Å². The minimum Gasteiger partial charge on any atom is -0.377 e. The van der Waals surface area contributed by atoms with Crippen molar-refractivity contribution >= 4 is 23.6 Å². The summed E-state index contributed by atoms with van der Waals surface area (Å²) in [7, 11) is 0. The molecule has 22 heteroatoms. The van der Waals surface area contributed by atoms with Crippen LogP contribution in [0.15, 0.2) is 25.3 Å². The van der Waals surface area contributed by atoms with Crippen molar-refractivity contribution in [1.29, 1.82) is 0 Å². The van der Waals surface area contributed by atoms with E-state index in [1.54, 1.807) is 9.80 Å². The monoisotopic (exact) mass is 991 g/mol. The van der Waals surface area contributed by atoms with E-state index in [9.17, 15) is 19.2 Å². The first-order valence-electron chi connectivity index (χ1n) is 24.7. The Labute approximate surface area is 410 Å². The molecular weight excluding hydrogens is 905 g/mol. The molecule has 2 atom stereocenters. The summed E-state index contributed by atoms with van der Waals surface area (Å²) in [5.74, 6) is -0.688. The lowest BCUT2D eigenvalue weighted by Crippen LogP contribution is -2.41. The molecule has 2 unspecified atom stereocenters. The van der Waals surface area contributed by atoms with Gasteiger partial charge >= 0.3 is 0 Å². The molecule has 0 aromatic rings. The van der Waals surface area contributed by atoms with E-state index in [1.165, 1.54) is 12.2 Å². The molecule has 2 saturated heterocycles. The fourth-order valence-electron chi connectivity index (χ4n) is 6.58. The van der Waals surface area contributed by atoms with Crippen LogP contribution in [0.4, 0.5) is 0 Å². The van der Waals surface area contributed by atoms with E-state index in [2.05, 4.69) is 34.4 Å². The Morgan fingerprint density at radius 2 is 0.696 bits per heavy atom. The summed E-state index contributed by atoms with van der Waals surface area (Å²) in [6.45, 7) is 20.7. The van der Waals surface area contributed by atoms with Gasteiger partial charge in [0, 0.05) is 78.3 Å². The van der Waals surface area contributed by atoms with Crippen molar-refractivity contribution in [3.05, 3.63) is 25.3 Å². The lowest BCUT2D eigenvalue weighted by molar-refractivity contribution is -0.132. The fourth-order valence-corrected chi connectivity index (χ4v) is 6.58. The summed E-state index contributed by atoms with van der Waals surface area (Å²) in [5.41, 5.74) is 0. The first-order valence-corrected chi connectivity index (χ1v) is 24.7. The Morgan fingerprint density at radius 1 is 0.406 bits per heavy atom. The summed E-state index contributed by atoms with van der Waals surface area (Å²) in [6.07, 6.45) is 3.91. The van der Waals surface area contributed by atoms with Gasteiger partial charge in [-0.15, -0.1) is 0 Å². The molecule has 2 rings (SSSR count). The average molecular weight is 991 g/mol. The van der Waals surface area contributed by atoms with Gasteiger partial charge in [-0.25, -0.2) is 0 Å². The van der Waals surface area contributed by atoms with E-state index in [0.717, 1.165) is 0 Å². The van der Waals surface area contributed by atoms with Gasteiger partial charge in [-0.05, 0) is 31.4 Å². The van der Waals surface area contributed by atoms with Crippen molar-refractivity contribution in [3.8, 4) is 0 Å². The van der Waals surface area contributed by atoms with Gasteiger partial charge in [-0.1, -0.05) is 13.2 Å². The number of hydrogen-bond acceptors (Lipinski definition) is 18. The van der Waals surface area contributed by atoms with Crippen LogP contribution in [0.1, 0.15) is 32.1 Å². The molecule has 0 aromatic carbocycles. The number of nitrogens with one attached hydrogen (secondary N) is 4. The number of hydrogen-bond donors (Lipinski definition) is 4. The highest BCUT2D eigenvalue weighted by Gasteiger charge is 2.19. The van der Waals surface area contributed by atoms with Crippen LogP contribution in [0, 0.1) is 0 Å². The fraction of sp³-hybridized carbons (Fsp3) is 0.830. The minimum absolute atomic E-state index is 0.0612. The lowest BCUT2D eigenvalue weighted by atomic mass is 10.2. The lowest BCUT2D eigenvalue weighted by Gasteiger charge is -2.27. The zero-order valence-corrected chi connectivity index (χ0v) is 41.3. The molecule has 0 spiro atoms. The van der Waals surface area contributed by atoms with E-state index in [0.29, 0.717) is 230 Å². The molecule has 22 nitrogen and oxygen atoms in total. The third kappa shape index (κ3) is 37.3. The van der Waals surface area contributed by atoms with E-state index in [4.69, 9.17) is 56.8 Å². The average Bonchev–Trinajstić information content (AvgIpc) is 3.35. The van der Waals surface area contributed by atoms with Gasteiger partial charge in [0.25, 0.3) is 0 Å². The maximum Gasteiger partial charge on any atom is 0.243 e. The topological polar surface area (TPSA) is 234 Å². The van der Waals surface area contributed by atoms with Gasteiger partial charge in [-0.3, -0.25) is 19.2 Å². The van der Waals surface area contributed by atoms with Crippen LogP contribution in [0.25, 0.3) is 0 Å². The minimum atomic E-state index is -0.283. The third-order valence-electron chi connectivity index (χ3n) is 10.3. The Hall–Kier alpha value is -3.20. The zero-order chi connectivity index (χ0) is 49.5. The molecule has 4 N–H and O–H groups in total. The van der Waals surface area contributed by atoms with E-state index in [1.807, 2.05) is 0 Å². The second-order valence-electron chi connectivity index (χ2n) is 15.8. The summed E-state index contributed by atoms with van der Waals surface area (Å²) >= 11 is 0. The first-order chi connectivity index (χ1) is 33.9. The van der Waals surface area contributed by atoms with E-state index < -0.39 is 0 Å². The first kappa shape index (κ1) is 61.9. The van der Waals surface area contributed by atoms with Crippen LogP contribution in [-0.2, 0) is 76.0 Å². The van der Waals surface area contributed by atoms with Gasteiger partial charge in [0.05, 0.1) is 158 Å². The van der Waals surface area contributed by atoms with Gasteiger partial charge < -0.3 is 87.9 Å². The van der Waals surface area contributed by atoms with Crippen LogP contribution < -0.4 is 21.3 Å².